The Morgan fingerprint density at radius 2 is 0.554 bits per heavy atom. The summed E-state index contributed by atoms with van der Waals surface area (Å²) in [6.45, 7) is 0. The summed E-state index contributed by atoms with van der Waals surface area (Å²) in [6, 6.07) is 118. The molecule has 2 aliphatic heterocycles. The van der Waals surface area contributed by atoms with Gasteiger partial charge in [-0.05, 0) is 126 Å². The summed E-state index contributed by atoms with van der Waals surface area (Å²) in [7, 11) is 0. The molecule has 2 nitrogen and oxygen atoms in total. The third-order valence-corrected chi connectivity index (χ3v) is 17.6. The van der Waals surface area contributed by atoms with Crippen molar-refractivity contribution < 1.29 is 0 Å². The van der Waals surface area contributed by atoms with Gasteiger partial charge in [-0.2, -0.15) is 0 Å². The van der Waals surface area contributed by atoms with Crippen molar-refractivity contribution in [2.24, 2.45) is 0 Å². The maximum Gasteiger partial charge on any atom is 0.0618 e. The van der Waals surface area contributed by atoms with Crippen LogP contribution in [0.1, 0.15) is 56.3 Å². The van der Waals surface area contributed by atoms with Gasteiger partial charge >= 0.3 is 0 Å². The second-order valence-electron chi connectivity index (χ2n) is 22.2. The van der Waals surface area contributed by atoms with Crippen molar-refractivity contribution in [3.8, 4) is 66.8 Å². The van der Waals surface area contributed by atoms with Crippen LogP contribution in [0.3, 0.4) is 0 Å². The Kier molecular flexibility index (Phi) is 11.8. The molecule has 0 amide bonds. The zero-order chi connectivity index (χ0) is 54.8. The zero-order valence-corrected chi connectivity index (χ0v) is 45.8. The van der Waals surface area contributed by atoms with Crippen molar-refractivity contribution in [1.82, 2.24) is 0 Å². The lowest BCUT2D eigenvalue weighted by Crippen LogP contribution is -2.31. The lowest BCUT2D eigenvalue weighted by Gasteiger charge is -2.47. The second-order valence-corrected chi connectivity index (χ2v) is 22.2. The Morgan fingerprint density at radius 1 is 0.229 bits per heavy atom. The monoisotopic (exact) mass is 1060 g/mol. The molecule has 13 aromatic carbocycles. The first-order valence-corrected chi connectivity index (χ1v) is 29.0. The molecule has 0 unspecified atom stereocenters. The Hall–Kier alpha value is -10.5. The van der Waals surface area contributed by atoms with Crippen LogP contribution >= 0.6 is 0 Å². The Labute approximate surface area is 486 Å². The van der Waals surface area contributed by atoms with Crippen LogP contribution in [0.4, 0.5) is 34.1 Å². The fourth-order valence-corrected chi connectivity index (χ4v) is 14.0. The minimum absolute atomic E-state index is 0.0560. The molecule has 0 bridgehead atoms. The smallest absolute Gasteiger partial charge is 0.0618 e. The predicted octanol–water partition coefficient (Wildman–Crippen LogP) is 21.5. The highest BCUT2D eigenvalue weighted by molar-refractivity contribution is 6.07. The average Bonchev–Trinajstić information content (AvgIpc) is 2.71. The standard InChI is InChI=1S/C81H56N2/c1-7-25-54(26-8-1)60-45-47-73-71(50-60)78-72-51-61(55-27-9-2-10-28-55)46-48-74(72)83(81-69(58-33-15-5-16-34-58)43-24-44-70(81)59-35-17-6-18-36-59)76-53-64(77-65-39-21-19-37-62(65)49-63-38-20-22-40-66(63)77)52-75(79(76)78)82(73)80-67(56-29-11-3-12-30-56)41-23-42-68(80)57-31-13-4-14-32-57/h1-48,50-53,77-78H,49H2. The van der Waals surface area contributed by atoms with Gasteiger partial charge in [-0.1, -0.05) is 279 Å². The Morgan fingerprint density at radius 3 is 0.916 bits per heavy atom. The van der Waals surface area contributed by atoms with Crippen LogP contribution in [0, 0.1) is 0 Å². The molecule has 0 N–H and O–H groups in total. The fraction of sp³-hybridized carbons (Fsp3) is 0.0370. The molecule has 0 radical (unpaired) electrons. The average molecular weight is 1060 g/mol. The molecule has 2 heteroatoms. The third-order valence-electron chi connectivity index (χ3n) is 17.6. The van der Waals surface area contributed by atoms with Gasteiger partial charge in [0.15, 0.2) is 0 Å². The van der Waals surface area contributed by atoms with Crippen molar-refractivity contribution in [3.63, 3.8) is 0 Å². The lowest BCUT2D eigenvalue weighted by molar-refractivity contribution is 0.870. The number of hydrogen-bond donors (Lipinski definition) is 0. The van der Waals surface area contributed by atoms with E-state index in [0.29, 0.717) is 0 Å². The molecule has 0 saturated carbocycles. The van der Waals surface area contributed by atoms with Gasteiger partial charge in [0.25, 0.3) is 0 Å². The molecular formula is C81H56N2. The van der Waals surface area contributed by atoms with Crippen molar-refractivity contribution in [2.75, 3.05) is 9.80 Å². The van der Waals surface area contributed by atoms with E-state index in [1.807, 2.05) is 0 Å². The highest BCUT2D eigenvalue weighted by Gasteiger charge is 2.44. The SMILES string of the molecule is c1ccc(-c2ccc3c(c2)C2c4cc(-c5ccccc5)ccc4N(c4c(-c5ccccc5)cccc4-c4ccccc4)c4cc(C5c6ccccc6Cc6ccccc65)cc(c42)N3c2c(-c3ccccc3)cccc2-c2ccccc2)cc1. The van der Waals surface area contributed by atoms with Gasteiger partial charge in [-0.25, -0.2) is 0 Å². The van der Waals surface area contributed by atoms with E-state index < -0.39 is 0 Å². The molecule has 0 spiro atoms. The number of para-hydroxylation sites is 2. The van der Waals surface area contributed by atoms with Crippen molar-refractivity contribution >= 4 is 34.1 Å². The quantitative estimate of drug-likeness (QED) is 0.142. The molecule has 3 aliphatic rings. The van der Waals surface area contributed by atoms with Crippen molar-refractivity contribution in [2.45, 2.75) is 18.3 Å². The van der Waals surface area contributed by atoms with Crippen molar-refractivity contribution in [1.29, 1.82) is 0 Å². The summed E-state index contributed by atoms with van der Waals surface area (Å²) in [5.41, 5.74) is 31.5. The molecule has 0 aromatic heterocycles. The van der Waals surface area contributed by atoms with Gasteiger partial charge < -0.3 is 9.80 Å². The first-order valence-electron chi connectivity index (χ1n) is 29.0. The van der Waals surface area contributed by atoms with E-state index in [-0.39, 0.29) is 11.8 Å². The molecule has 0 fully saturated rings. The van der Waals surface area contributed by atoms with Crippen LogP contribution in [0.2, 0.25) is 0 Å². The molecule has 13 aromatic rings. The van der Waals surface area contributed by atoms with Crippen LogP contribution in [-0.4, -0.2) is 0 Å². The lowest BCUT2D eigenvalue weighted by atomic mass is 9.71. The largest absolute Gasteiger partial charge is 0.309 e. The van der Waals surface area contributed by atoms with Crippen LogP contribution in [0.25, 0.3) is 66.8 Å². The number of fused-ring (bicyclic) bond motifs is 6. The molecule has 1 aliphatic carbocycles. The van der Waals surface area contributed by atoms with Gasteiger partial charge in [0.05, 0.1) is 34.1 Å². The maximum atomic E-state index is 2.68. The number of hydrogen-bond acceptors (Lipinski definition) is 2. The summed E-state index contributed by atoms with van der Waals surface area (Å²) in [6.07, 6.45) is 0.894. The summed E-state index contributed by atoms with van der Waals surface area (Å²) in [5.74, 6) is -0.239. The molecule has 390 valence electrons. The van der Waals surface area contributed by atoms with Crippen LogP contribution in [-0.2, 0) is 6.42 Å². The maximum absolute atomic E-state index is 2.68. The third kappa shape index (κ3) is 8.17. The molecule has 0 saturated heterocycles. The highest BCUT2D eigenvalue weighted by atomic mass is 15.2. The van der Waals surface area contributed by atoms with Crippen LogP contribution < -0.4 is 9.80 Å². The van der Waals surface area contributed by atoms with Crippen LogP contribution in [0.15, 0.2) is 315 Å². The Balaban J connectivity index is 1.10. The molecule has 83 heavy (non-hydrogen) atoms. The van der Waals surface area contributed by atoms with E-state index in [9.17, 15) is 0 Å². The molecule has 16 rings (SSSR count). The Bertz CT molecular complexity index is 4170. The molecule has 2 heterocycles. The predicted molar refractivity (Wildman–Crippen MR) is 346 cm³/mol. The molecular weight excluding hydrogens is 1000 g/mol. The zero-order valence-electron chi connectivity index (χ0n) is 45.8. The topological polar surface area (TPSA) is 6.48 Å². The molecule has 0 atom stereocenters. The number of nitrogens with zero attached hydrogens (tertiary/aromatic N) is 2. The fourth-order valence-electron chi connectivity index (χ4n) is 14.0. The minimum atomic E-state index is -0.182. The van der Waals surface area contributed by atoms with Crippen LogP contribution in [0.5, 0.6) is 0 Å². The second kappa shape index (κ2) is 20.2. The van der Waals surface area contributed by atoms with E-state index in [2.05, 4.69) is 325 Å². The number of rotatable bonds is 9. The van der Waals surface area contributed by atoms with E-state index >= 15 is 0 Å². The van der Waals surface area contributed by atoms with E-state index in [1.165, 1.54) is 78.1 Å². The van der Waals surface area contributed by atoms with E-state index in [4.69, 9.17) is 0 Å². The first kappa shape index (κ1) is 48.4. The number of benzene rings is 13. The van der Waals surface area contributed by atoms with Crippen molar-refractivity contribution in [3.05, 3.63) is 360 Å². The van der Waals surface area contributed by atoms with E-state index in [1.54, 1.807) is 0 Å². The first-order chi connectivity index (χ1) is 41.2. The van der Waals surface area contributed by atoms with Gasteiger partial charge in [-0.15, -0.1) is 0 Å². The van der Waals surface area contributed by atoms with Gasteiger partial charge in [0.2, 0.25) is 0 Å². The summed E-state index contributed by atoms with van der Waals surface area (Å²) >= 11 is 0. The summed E-state index contributed by atoms with van der Waals surface area (Å²) in [4.78, 5) is 5.36. The highest BCUT2D eigenvalue weighted by Crippen LogP contribution is 2.65. The van der Waals surface area contributed by atoms with Gasteiger partial charge in [0.1, 0.15) is 0 Å². The minimum Gasteiger partial charge on any atom is -0.309 e. The summed E-state index contributed by atoms with van der Waals surface area (Å²) in [5, 5.41) is 0. The normalized spacial score (nSPS) is 13.1. The van der Waals surface area contributed by atoms with E-state index in [0.717, 1.165) is 73.7 Å². The summed E-state index contributed by atoms with van der Waals surface area (Å²) < 4.78 is 0. The number of anilines is 6. The van der Waals surface area contributed by atoms with Gasteiger partial charge in [-0.3, -0.25) is 0 Å². The van der Waals surface area contributed by atoms with Gasteiger partial charge in [0, 0.05) is 39.7 Å².